The van der Waals surface area contributed by atoms with Crippen LogP contribution in [0.3, 0.4) is 0 Å². The van der Waals surface area contributed by atoms with E-state index in [1.807, 2.05) is 0 Å². The first-order valence-corrected chi connectivity index (χ1v) is 4.10. The van der Waals surface area contributed by atoms with Crippen LogP contribution in [0.5, 0.6) is 0 Å². The number of benzene rings is 1. The van der Waals surface area contributed by atoms with E-state index in [-0.39, 0.29) is 5.56 Å². The van der Waals surface area contributed by atoms with Gasteiger partial charge >= 0.3 is 0 Å². The summed E-state index contributed by atoms with van der Waals surface area (Å²) in [7, 11) is 0. The fourth-order valence-electron chi connectivity index (χ4n) is 1.00. The van der Waals surface area contributed by atoms with E-state index in [2.05, 4.69) is 0 Å². The van der Waals surface area contributed by atoms with Gasteiger partial charge in [0.05, 0.1) is 10.6 Å². The molecule has 1 rings (SSSR count). The summed E-state index contributed by atoms with van der Waals surface area (Å²) >= 11 is 5.41. The van der Waals surface area contributed by atoms with Gasteiger partial charge in [-0.15, -0.1) is 0 Å². The first-order chi connectivity index (χ1) is 6.45. The summed E-state index contributed by atoms with van der Waals surface area (Å²) in [6, 6.07) is 1.96. The number of ketones is 1. The van der Waals surface area contributed by atoms with Gasteiger partial charge in [0.25, 0.3) is 6.43 Å². The van der Waals surface area contributed by atoms with E-state index in [1.165, 1.54) is 6.92 Å². The molecule has 0 fully saturated rings. The standard InChI is InChI=1S/C9H6ClF3O/c1-4(14)5-2-3-6(9(12)13)8(11)7(5)10/h2-3,9H,1H3. The maximum atomic E-state index is 13.1. The minimum absolute atomic E-state index is 0.0893. The summed E-state index contributed by atoms with van der Waals surface area (Å²) in [6.07, 6.45) is -2.94. The third-order valence-electron chi connectivity index (χ3n) is 1.73. The molecule has 0 aliphatic heterocycles. The molecule has 0 amide bonds. The molecule has 0 bridgehead atoms. The lowest BCUT2D eigenvalue weighted by Crippen LogP contribution is -1.99. The molecule has 0 aliphatic rings. The van der Waals surface area contributed by atoms with Crippen LogP contribution in [0.4, 0.5) is 13.2 Å². The lowest BCUT2D eigenvalue weighted by atomic mass is 10.1. The molecule has 0 heterocycles. The molecule has 1 nitrogen and oxygen atoms in total. The highest BCUT2D eigenvalue weighted by Crippen LogP contribution is 2.29. The van der Waals surface area contributed by atoms with E-state index in [1.54, 1.807) is 0 Å². The van der Waals surface area contributed by atoms with Gasteiger partial charge in [-0.25, -0.2) is 13.2 Å². The lowest BCUT2D eigenvalue weighted by molar-refractivity contribution is 0.101. The van der Waals surface area contributed by atoms with Crippen LogP contribution in [-0.2, 0) is 0 Å². The molecule has 0 aliphatic carbocycles. The molecule has 0 saturated carbocycles. The number of carbonyl (C=O) groups is 1. The molecule has 0 spiro atoms. The predicted octanol–water partition coefficient (Wildman–Crippen LogP) is 3.62. The Balaban J connectivity index is 3.33. The molecule has 0 unspecified atom stereocenters. The molecular weight excluding hydrogens is 217 g/mol. The summed E-state index contributed by atoms with van der Waals surface area (Å²) in [5.41, 5.74) is -0.881. The van der Waals surface area contributed by atoms with Crippen molar-refractivity contribution in [3.05, 3.63) is 34.1 Å². The van der Waals surface area contributed by atoms with Gasteiger partial charge in [0.1, 0.15) is 0 Å². The van der Waals surface area contributed by atoms with Crippen LogP contribution in [0, 0.1) is 5.82 Å². The smallest absolute Gasteiger partial charge is 0.266 e. The maximum Gasteiger partial charge on any atom is 0.266 e. The second-order valence-corrected chi connectivity index (χ2v) is 3.07. The Labute approximate surface area is 83.5 Å². The number of halogens is 4. The zero-order valence-electron chi connectivity index (χ0n) is 7.15. The van der Waals surface area contributed by atoms with Gasteiger partial charge in [0.2, 0.25) is 0 Å². The van der Waals surface area contributed by atoms with E-state index < -0.39 is 28.6 Å². The van der Waals surface area contributed by atoms with Crippen molar-refractivity contribution in [3.63, 3.8) is 0 Å². The van der Waals surface area contributed by atoms with Crippen LogP contribution in [0.1, 0.15) is 29.3 Å². The number of alkyl halides is 2. The zero-order valence-corrected chi connectivity index (χ0v) is 7.91. The van der Waals surface area contributed by atoms with Gasteiger partial charge in [0, 0.05) is 5.56 Å². The second-order valence-electron chi connectivity index (χ2n) is 2.69. The Bertz CT molecular complexity index is 377. The van der Waals surface area contributed by atoms with Crippen LogP contribution in [0.2, 0.25) is 5.02 Å². The van der Waals surface area contributed by atoms with Crippen molar-refractivity contribution in [2.24, 2.45) is 0 Å². The van der Waals surface area contributed by atoms with Gasteiger partial charge in [-0.05, 0) is 19.1 Å². The second kappa shape index (κ2) is 4.00. The Hall–Kier alpha value is -1.03. The minimum atomic E-state index is -2.94. The molecule has 5 heteroatoms. The number of hydrogen-bond donors (Lipinski definition) is 0. The summed E-state index contributed by atoms with van der Waals surface area (Å²) in [5.74, 6) is -1.69. The molecule has 0 atom stereocenters. The van der Waals surface area contributed by atoms with Crippen molar-refractivity contribution >= 4 is 17.4 Å². The highest BCUT2D eigenvalue weighted by atomic mass is 35.5. The van der Waals surface area contributed by atoms with E-state index in [4.69, 9.17) is 11.6 Å². The highest BCUT2D eigenvalue weighted by Gasteiger charge is 2.19. The summed E-state index contributed by atoms with van der Waals surface area (Å²) in [6.45, 7) is 1.18. The zero-order chi connectivity index (χ0) is 10.9. The first kappa shape index (κ1) is 11.0. The van der Waals surface area contributed by atoms with Gasteiger partial charge in [-0.3, -0.25) is 4.79 Å². The SMILES string of the molecule is CC(=O)c1ccc(C(F)F)c(F)c1Cl. The Morgan fingerprint density at radius 3 is 2.43 bits per heavy atom. The fourth-order valence-corrected chi connectivity index (χ4v) is 1.31. The van der Waals surface area contributed by atoms with Crippen molar-refractivity contribution in [2.45, 2.75) is 13.3 Å². The van der Waals surface area contributed by atoms with Crippen LogP contribution < -0.4 is 0 Å². The molecule has 1 aromatic carbocycles. The average Bonchev–Trinajstić information content (AvgIpc) is 2.08. The van der Waals surface area contributed by atoms with Gasteiger partial charge < -0.3 is 0 Å². The van der Waals surface area contributed by atoms with Crippen molar-refractivity contribution in [2.75, 3.05) is 0 Å². The van der Waals surface area contributed by atoms with E-state index >= 15 is 0 Å². The van der Waals surface area contributed by atoms with Crippen molar-refractivity contribution in [1.29, 1.82) is 0 Å². The van der Waals surface area contributed by atoms with Gasteiger partial charge in [-0.2, -0.15) is 0 Å². The topological polar surface area (TPSA) is 17.1 Å². The lowest BCUT2D eigenvalue weighted by Gasteiger charge is -2.06. The molecule has 0 saturated heterocycles. The Morgan fingerprint density at radius 1 is 1.43 bits per heavy atom. The monoisotopic (exact) mass is 222 g/mol. The third-order valence-corrected chi connectivity index (χ3v) is 2.10. The molecule has 0 N–H and O–H groups in total. The largest absolute Gasteiger partial charge is 0.294 e. The van der Waals surface area contributed by atoms with Crippen LogP contribution in [-0.4, -0.2) is 5.78 Å². The molecule has 0 aromatic heterocycles. The summed E-state index contributed by atoms with van der Waals surface area (Å²) in [4.78, 5) is 10.9. The third kappa shape index (κ3) is 1.90. The van der Waals surface area contributed by atoms with E-state index in [9.17, 15) is 18.0 Å². The van der Waals surface area contributed by atoms with E-state index in [0.29, 0.717) is 0 Å². The summed E-state index contributed by atoms with van der Waals surface area (Å²) in [5, 5.41) is -0.546. The van der Waals surface area contributed by atoms with Crippen molar-refractivity contribution in [3.8, 4) is 0 Å². The first-order valence-electron chi connectivity index (χ1n) is 3.72. The van der Waals surface area contributed by atoms with Gasteiger partial charge in [0.15, 0.2) is 11.6 Å². The van der Waals surface area contributed by atoms with Crippen LogP contribution >= 0.6 is 11.6 Å². The highest BCUT2D eigenvalue weighted by molar-refractivity contribution is 6.34. The summed E-state index contributed by atoms with van der Waals surface area (Å²) < 4.78 is 37.4. The minimum Gasteiger partial charge on any atom is -0.294 e. The number of carbonyl (C=O) groups excluding carboxylic acids is 1. The number of hydrogen-bond acceptors (Lipinski definition) is 1. The Kier molecular flexibility index (Phi) is 3.16. The molecule has 1 aromatic rings. The predicted molar refractivity (Wildman–Crippen MR) is 46.4 cm³/mol. The van der Waals surface area contributed by atoms with E-state index in [0.717, 1.165) is 12.1 Å². The van der Waals surface area contributed by atoms with Crippen molar-refractivity contribution in [1.82, 2.24) is 0 Å². The molecule has 76 valence electrons. The van der Waals surface area contributed by atoms with Crippen LogP contribution in [0.15, 0.2) is 12.1 Å². The van der Waals surface area contributed by atoms with Gasteiger partial charge in [-0.1, -0.05) is 11.6 Å². The molecule has 14 heavy (non-hydrogen) atoms. The molecule has 0 radical (unpaired) electrons. The van der Waals surface area contributed by atoms with Crippen molar-refractivity contribution < 1.29 is 18.0 Å². The number of rotatable bonds is 2. The normalized spacial score (nSPS) is 10.7. The average molecular weight is 223 g/mol. The van der Waals surface area contributed by atoms with Crippen LogP contribution in [0.25, 0.3) is 0 Å². The number of Topliss-reactive ketones (excluding diaryl/α,β-unsaturated/α-hetero) is 1. The quantitative estimate of drug-likeness (QED) is 0.699. The molecular formula is C9H6ClF3O. The fraction of sp³-hybridized carbons (Fsp3) is 0.222. The maximum absolute atomic E-state index is 13.1. The Morgan fingerprint density at radius 2 is 2.00 bits per heavy atom.